The molecule has 0 heterocycles. The third kappa shape index (κ3) is 3.50. The van der Waals surface area contributed by atoms with Crippen LogP contribution in [0.3, 0.4) is 0 Å². The Hall–Kier alpha value is -0.0700. The number of hydrogen-bond donors (Lipinski definition) is 1. The van der Waals surface area contributed by atoms with Gasteiger partial charge in [-0.05, 0) is 12.8 Å². The highest BCUT2D eigenvalue weighted by Crippen LogP contribution is 2.27. The lowest BCUT2D eigenvalue weighted by molar-refractivity contribution is 0.486. The van der Waals surface area contributed by atoms with Crippen molar-refractivity contribution in [2.75, 3.05) is 0 Å². The maximum absolute atomic E-state index is 10.5. The molecule has 0 spiro atoms. The molecule has 1 N–H and O–H groups in total. The Morgan fingerprint density at radius 1 is 1.89 bits per heavy atom. The third-order valence-corrected chi connectivity index (χ3v) is 2.64. The van der Waals surface area contributed by atoms with Crippen LogP contribution in [-0.4, -0.2) is 10.6 Å². The average Bonchev–Trinajstić information content (AvgIpc) is 1.82. The molecule has 54 valence electrons. The molecule has 2 unspecified atom stereocenters. The van der Waals surface area contributed by atoms with Crippen LogP contribution in [0.25, 0.3) is 0 Å². The normalized spacial score (nSPS) is 16.7. The van der Waals surface area contributed by atoms with Crippen molar-refractivity contribution in [3.63, 3.8) is 0 Å². The monoisotopic (exact) mass is 148 g/mol. The van der Waals surface area contributed by atoms with Crippen LogP contribution in [0.4, 0.5) is 0 Å². The minimum atomic E-state index is -2.31. The van der Waals surface area contributed by atoms with Gasteiger partial charge in [-0.2, -0.15) is 0 Å². The van der Waals surface area contributed by atoms with Crippen LogP contribution in [0, 0.1) is 0 Å². The maximum atomic E-state index is 10.5. The summed E-state index contributed by atoms with van der Waals surface area (Å²) < 4.78 is 10.5. The molecule has 0 aliphatic carbocycles. The molecule has 0 fully saturated rings. The highest BCUT2D eigenvalue weighted by Gasteiger charge is 2.08. The molecule has 2 nitrogen and oxygen atoms in total. The Bertz CT molecular complexity index is 112. The van der Waals surface area contributed by atoms with Gasteiger partial charge in [0.25, 0.3) is 0 Å². The van der Waals surface area contributed by atoms with E-state index in [2.05, 4.69) is 6.58 Å². The zero-order chi connectivity index (χ0) is 7.28. The lowest BCUT2D eigenvalue weighted by Gasteiger charge is -2.05. The van der Waals surface area contributed by atoms with Gasteiger partial charge in [0.1, 0.15) is 0 Å². The van der Waals surface area contributed by atoms with E-state index in [-0.39, 0.29) is 5.66 Å². The van der Waals surface area contributed by atoms with Gasteiger partial charge in [-0.1, -0.05) is 13.0 Å². The van der Waals surface area contributed by atoms with Crippen LogP contribution in [0.15, 0.2) is 12.7 Å². The lowest BCUT2D eigenvalue weighted by atomic mass is 10.2. The first-order chi connectivity index (χ1) is 4.22. The molecule has 0 aliphatic heterocycles. The van der Waals surface area contributed by atoms with Gasteiger partial charge in [0.2, 0.25) is 0 Å². The summed E-state index contributed by atoms with van der Waals surface area (Å²) in [6.07, 6.45) is 3.11. The predicted molar refractivity (Wildman–Crippen MR) is 40.1 cm³/mol. The lowest BCUT2D eigenvalue weighted by Crippen LogP contribution is -1.96. The summed E-state index contributed by atoms with van der Waals surface area (Å²) in [5, 5.41) is 0. The molecule has 0 aromatic carbocycles. The van der Waals surface area contributed by atoms with Crippen molar-refractivity contribution in [1.29, 1.82) is 0 Å². The van der Waals surface area contributed by atoms with Gasteiger partial charge < -0.3 is 4.89 Å². The Kier molecular flexibility index (Phi) is 4.74. The molecule has 3 heteroatoms. The van der Waals surface area contributed by atoms with Crippen molar-refractivity contribution in [3.8, 4) is 0 Å². The Balaban J connectivity index is 3.67. The van der Waals surface area contributed by atoms with Crippen LogP contribution in [-0.2, 0) is 4.57 Å². The number of rotatable bonds is 4. The molecule has 0 aliphatic rings. The van der Waals surface area contributed by atoms with Crippen molar-refractivity contribution < 1.29 is 9.46 Å². The quantitative estimate of drug-likeness (QED) is 0.487. The van der Waals surface area contributed by atoms with Crippen LogP contribution in [0.5, 0.6) is 0 Å². The second-order valence-electron chi connectivity index (χ2n) is 1.97. The van der Waals surface area contributed by atoms with E-state index < -0.39 is 8.03 Å². The van der Waals surface area contributed by atoms with E-state index in [1.165, 1.54) is 0 Å². The highest BCUT2D eigenvalue weighted by molar-refractivity contribution is 7.38. The van der Waals surface area contributed by atoms with Gasteiger partial charge >= 0.3 is 0 Å². The third-order valence-electron chi connectivity index (χ3n) is 1.29. The van der Waals surface area contributed by atoms with Crippen LogP contribution in [0.1, 0.15) is 19.8 Å². The largest absolute Gasteiger partial charge is 0.346 e. The first-order valence-electron chi connectivity index (χ1n) is 3.06. The summed E-state index contributed by atoms with van der Waals surface area (Å²) in [7, 11) is -2.31. The van der Waals surface area contributed by atoms with E-state index in [1.54, 1.807) is 6.08 Å². The molecular weight excluding hydrogens is 135 g/mol. The fourth-order valence-corrected chi connectivity index (χ4v) is 1.36. The molecular formula is C6H13O2P. The molecule has 9 heavy (non-hydrogen) atoms. The smallest absolute Gasteiger partial charge is 0.192 e. The fourth-order valence-electron chi connectivity index (χ4n) is 0.643. The summed E-state index contributed by atoms with van der Waals surface area (Å²) in [4.78, 5) is 8.64. The topological polar surface area (TPSA) is 37.3 Å². The SMILES string of the molecule is C=CCC(CC)[PH](=O)O. The second-order valence-corrected chi connectivity index (χ2v) is 3.46. The van der Waals surface area contributed by atoms with Gasteiger partial charge in [0.05, 0.1) is 0 Å². The van der Waals surface area contributed by atoms with Crippen molar-refractivity contribution in [3.05, 3.63) is 12.7 Å². The standard InChI is InChI=1S/C6H13O2P/c1-3-5-6(4-2)9(7)8/h3,6,9H,1,4-5H2,2H3,(H,7,8). The zero-order valence-corrected chi connectivity index (χ0v) is 6.63. The predicted octanol–water partition coefficient (Wildman–Crippen LogP) is 1.81. The maximum Gasteiger partial charge on any atom is 0.192 e. The van der Waals surface area contributed by atoms with Crippen molar-refractivity contribution in [2.24, 2.45) is 0 Å². The van der Waals surface area contributed by atoms with E-state index in [0.717, 1.165) is 6.42 Å². The summed E-state index contributed by atoms with van der Waals surface area (Å²) in [5.74, 6) is 0. The van der Waals surface area contributed by atoms with Gasteiger partial charge in [0, 0.05) is 5.66 Å². The first kappa shape index (κ1) is 8.93. The molecule has 0 bridgehead atoms. The van der Waals surface area contributed by atoms with Gasteiger partial charge in [-0.3, -0.25) is 4.57 Å². The first-order valence-corrected chi connectivity index (χ1v) is 4.49. The van der Waals surface area contributed by atoms with E-state index in [0.29, 0.717) is 6.42 Å². The number of hydrogen-bond acceptors (Lipinski definition) is 1. The van der Waals surface area contributed by atoms with E-state index in [9.17, 15) is 4.57 Å². The van der Waals surface area contributed by atoms with E-state index >= 15 is 0 Å². The van der Waals surface area contributed by atoms with Crippen LogP contribution >= 0.6 is 8.03 Å². The molecule has 0 radical (unpaired) electrons. The van der Waals surface area contributed by atoms with E-state index in [1.807, 2.05) is 6.92 Å². The highest BCUT2D eigenvalue weighted by atomic mass is 31.1. The second kappa shape index (κ2) is 4.78. The molecule has 0 saturated carbocycles. The van der Waals surface area contributed by atoms with Crippen molar-refractivity contribution >= 4 is 8.03 Å². The van der Waals surface area contributed by atoms with Crippen LogP contribution < -0.4 is 0 Å². The van der Waals surface area contributed by atoms with Gasteiger partial charge in [-0.15, -0.1) is 6.58 Å². The summed E-state index contributed by atoms with van der Waals surface area (Å²) in [6.45, 7) is 5.41. The molecule has 0 rings (SSSR count). The fraction of sp³-hybridized carbons (Fsp3) is 0.667. The Morgan fingerprint density at radius 3 is 2.56 bits per heavy atom. The minimum absolute atomic E-state index is 0.0486. The number of allylic oxidation sites excluding steroid dienone is 1. The van der Waals surface area contributed by atoms with Gasteiger partial charge in [0.15, 0.2) is 8.03 Å². The minimum Gasteiger partial charge on any atom is -0.346 e. The Morgan fingerprint density at radius 2 is 2.44 bits per heavy atom. The molecule has 0 saturated heterocycles. The average molecular weight is 148 g/mol. The molecule has 2 atom stereocenters. The summed E-state index contributed by atoms with van der Waals surface area (Å²) >= 11 is 0. The summed E-state index contributed by atoms with van der Waals surface area (Å²) in [6, 6.07) is 0. The Labute approximate surface area is 56.5 Å². The van der Waals surface area contributed by atoms with Crippen LogP contribution in [0.2, 0.25) is 0 Å². The van der Waals surface area contributed by atoms with Crippen molar-refractivity contribution in [2.45, 2.75) is 25.4 Å². The molecule has 0 aromatic heterocycles. The summed E-state index contributed by atoms with van der Waals surface area (Å²) in [5.41, 5.74) is -0.0486. The molecule has 0 amide bonds. The molecule has 0 aromatic rings. The van der Waals surface area contributed by atoms with Crippen molar-refractivity contribution in [1.82, 2.24) is 0 Å². The van der Waals surface area contributed by atoms with E-state index in [4.69, 9.17) is 4.89 Å². The zero-order valence-electron chi connectivity index (χ0n) is 5.63. The van der Waals surface area contributed by atoms with Gasteiger partial charge in [-0.25, -0.2) is 0 Å².